The minimum Gasteiger partial charge on any atom is -0.340 e. The molecule has 1 aromatic carbocycles. The molecule has 0 saturated carbocycles. The summed E-state index contributed by atoms with van der Waals surface area (Å²) in [5.41, 5.74) is 1.29. The summed E-state index contributed by atoms with van der Waals surface area (Å²) in [6, 6.07) is 11.0. The van der Waals surface area contributed by atoms with Crippen molar-refractivity contribution < 1.29 is 8.42 Å². The third kappa shape index (κ3) is 4.42. The molecule has 0 amide bonds. The largest absolute Gasteiger partial charge is 0.340 e. The lowest BCUT2D eigenvalue weighted by Crippen LogP contribution is -2.28. The van der Waals surface area contributed by atoms with E-state index in [1.54, 1.807) is 12.1 Å². The molecule has 0 bridgehead atoms. The lowest BCUT2D eigenvalue weighted by molar-refractivity contribution is 0.527. The molecule has 0 aliphatic rings. The summed E-state index contributed by atoms with van der Waals surface area (Å²) in [7, 11) is -0.597. The zero-order chi connectivity index (χ0) is 15.5. The van der Waals surface area contributed by atoms with Gasteiger partial charge in [0.15, 0.2) is 0 Å². The Morgan fingerprint density at radius 1 is 1.14 bits per heavy atom. The predicted molar refractivity (Wildman–Crippen MR) is 87.9 cm³/mol. The summed E-state index contributed by atoms with van der Waals surface area (Å²) >= 11 is 3.39. The van der Waals surface area contributed by atoms with Crippen LogP contribution in [0.4, 0.5) is 17.2 Å². The zero-order valence-electron chi connectivity index (χ0n) is 11.5. The number of nitrogens with zero attached hydrogens (tertiary/aromatic N) is 2. The van der Waals surface area contributed by atoms with Crippen molar-refractivity contribution >= 4 is 43.3 Å². The van der Waals surface area contributed by atoms with Gasteiger partial charge in [-0.15, -0.1) is 0 Å². The Morgan fingerprint density at radius 2 is 1.90 bits per heavy atom. The second kappa shape index (κ2) is 6.42. The molecule has 2 N–H and O–H groups in total. The SMILES string of the molecule is CN(C)S(=O)(=O)Nc1ccc(Nc2cccc(Br)c2)nc1. The molecule has 0 aliphatic carbocycles. The highest BCUT2D eigenvalue weighted by atomic mass is 79.9. The van der Waals surface area contributed by atoms with Crippen LogP contribution in [0.5, 0.6) is 0 Å². The van der Waals surface area contributed by atoms with Gasteiger partial charge >= 0.3 is 10.2 Å². The van der Waals surface area contributed by atoms with Gasteiger partial charge in [-0.2, -0.15) is 12.7 Å². The molecule has 6 nitrogen and oxygen atoms in total. The van der Waals surface area contributed by atoms with Crippen LogP contribution in [-0.2, 0) is 10.2 Å². The maximum atomic E-state index is 11.7. The van der Waals surface area contributed by atoms with E-state index in [1.165, 1.54) is 20.3 Å². The average Bonchev–Trinajstić information content (AvgIpc) is 2.40. The van der Waals surface area contributed by atoms with Crippen molar-refractivity contribution in [3.63, 3.8) is 0 Å². The molecule has 1 aromatic heterocycles. The number of halogens is 1. The van der Waals surface area contributed by atoms with E-state index in [1.807, 2.05) is 24.3 Å². The molecule has 0 radical (unpaired) electrons. The molecule has 1 heterocycles. The number of pyridine rings is 1. The molecule has 0 spiro atoms. The summed E-state index contributed by atoms with van der Waals surface area (Å²) in [5.74, 6) is 0.626. The highest BCUT2D eigenvalue weighted by Gasteiger charge is 2.12. The van der Waals surface area contributed by atoms with Crippen molar-refractivity contribution in [1.82, 2.24) is 9.29 Å². The van der Waals surface area contributed by atoms with Crippen LogP contribution in [0.15, 0.2) is 47.1 Å². The highest BCUT2D eigenvalue weighted by molar-refractivity contribution is 9.10. The van der Waals surface area contributed by atoms with Crippen molar-refractivity contribution in [2.45, 2.75) is 0 Å². The second-order valence-electron chi connectivity index (χ2n) is 4.46. The lowest BCUT2D eigenvalue weighted by atomic mass is 10.3. The van der Waals surface area contributed by atoms with E-state index >= 15 is 0 Å². The van der Waals surface area contributed by atoms with Crippen molar-refractivity contribution in [2.75, 3.05) is 24.1 Å². The first-order chi connectivity index (χ1) is 9.87. The van der Waals surface area contributed by atoms with E-state index < -0.39 is 10.2 Å². The summed E-state index contributed by atoms with van der Waals surface area (Å²) in [4.78, 5) is 4.18. The maximum Gasteiger partial charge on any atom is 0.301 e. The molecule has 0 aliphatic heterocycles. The molecule has 21 heavy (non-hydrogen) atoms. The van der Waals surface area contributed by atoms with Gasteiger partial charge in [0.2, 0.25) is 0 Å². The number of hydrogen-bond donors (Lipinski definition) is 2. The van der Waals surface area contributed by atoms with Crippen LogP contribution in [0.1, 0.15) is 0 Å². The standard InChI is InChI=1S/C13H15BrN4O2S/c1-18(2)21(19,20)17-12-6-7-13(15-9-12)16-11-5-3-4-10(14)8-11/h3-9,17H,1-2H3,(H,15,16). The van der Waals surface area contributed by atoms with E-state index in [0.717, 1.165) is 14.5 Å². The Kier molecular flexibility index (Phi) is 4.81. The molecule has 8 heteroatoms. The Hall–Kier alpha value is -1.64. The summed E-state index contributed by atoms with van der Waals surface area (Å²) in [6.07, 6.45) is 1.46. The number of nitrogens with one attached hydrogen (secondary N) is 2. The normalized spacial score (nSPS) is 11.4. The van der Waals surface area contributed by atoms with Crippen molar-refractivity contribution in [3.8, 4) is 0 Å². The third-order valence-electron chi connectivity index (χ3n) is 2.59. The van der Waals surface area contributed by atoms with Crippen LogP contribution >= 0.6 is 15.9 Å². The lowest BCUT2D eigenvalue weighted by Gasteiger charge is -2.13. The van der Waals surface area contributed by atoms with Crippen LogP contribution in [0.3, 0.4) is 0 Å². The molecule has 0 fully saturated rings. The third-order valence-corrected chi connectivity index (χ3v) is 4.54. The number of anilines is 3. The summed E-state index contributed by atoms with van der Waals surface area (Å²) in [6.45, 7) is 0. The van der Waals surface area contributed by atoms with Gasteiger partial charge in [-0.3, -0.25) is 4.72 Å². The highest BCUT2D eigenvalue weighted by Crippen LogP contribution is 2.20. The molecule has 0 saturated heterocycles. The van der Waals surface area contributed by atoms with Gasteiger partial charge in [0.05, 0.1) is 11.9 Å². The first-order valence-electron chi connectivity index (χ1n) is 6.06. The zero-order valence-corrected chi connectivity index (χ0v) is 13.9. The first-order valence-corrected chi connectivity index (χ1v) is 8.29. The Morgan fingerprint density at radius 3 is 2.48 bits per heavy atom. The van der Waals surface area contributed by atoms with E-state index in [0.29, 0.717) is 11.5 Å². The van der Waals surface area contributed by atoms with Gasteiger partial charge in [0, 0.05) is 24.3 Å². The summed E-state index contributed by atoms with van der Waals surface area (Å²) < 4.78 is 27.8. The van der Waals surface area contributed by atoms with Crippen molar-refractivity contribution in [2.24, 2.45) is 0 Å². The quantitative estimate of drug-likeness (QED) is 0.848. The molecule has 0 atom stereocenters. The molecular weight excluding hydrogens is 356 g/mol. The van der Waals surface area contributed by atoms with Gasteiger partial charge in [-0.25, -0.2) is 4.98 Å². The molecular formula is C13H15BrN4O2S. The molecule has 0 unspecified atom stereocenters. The van der Waals surface area contributed by atoms with E-state index in [9.17, 15) is 8.42 Å². The summed E-state index contributed by atoms with van der Waals surface area (Å²) in [5, 5.41) is 3.13. The van der Waals surface area contributed by atoms with Gasteiger partial charge in [-0.05, 0) is 30.3 Å². The van der Waals surface area contributed by atoms with Crippen molar-refractivity contribution in [3.05, 3.63) is 47.1 Å². The maximum absolute atomic E-state index is 11.7. The monoisotopic (exact) mass is 370 g/mol. The van der Waals surface area contributed by atoms with Crippen LogP contribution in [-0.4, -0.2) is 31.8 Å². The van der Waals surface area contributed by atoms with Crippen molar-refractivity contribution in [1.29, 1.82) is 0 Å². The Labute approximate surface area is 132 Å². The van der Waals surface area contributed by atoms with E-state index in [4.69, 9.17) is 0 Å². The number of rotatable bonds is 5. The number of hydrogen-bond acceptors (Lipinski definition) is 4. The smallest absolute Gasteiger partial charge is 0.301 e. The topological polar surface area (TPSA) is 74.3 Å². The predicted octanol–water partition coefficient (Wildman–Crippen LogP) is 2.81. The minimum atomic E-state index is -3.51. The van der Waals surface area contributed by atoms with Crippen LogP contribution < -0.4 is 10.0 Å². The van der Waals surface area contributed by atoms with E-state index in [-0.39, 0.29) is 0 Å². The second-order valence-corrected chi connectivity index (χ2v) is 7.26. The van der Waals surface area contributed by atoms with Gasteiger partial charge in [-0.1, -0.05) is 22.0 Å². The molecule has 112 valence electrons. The fourth-order valence-corrected chi connectivity index (χ4v) is 2.48. The van der Waals surface area contributed by atoms with Crippen LogP contribution in [0.2, 0.25) is 0 Å². The van der Waals surface area contributed by atoms with E-state index in [2.05, 4.69) is 31.0 Å². The number of benzene rings is 1. The first kappa shape index (κ1) is 15.7. The fourth-order valence-electron chi connectivity index (χ4n) is 1.48. The number of aromatic nitrogens is 1. The molecule has 2 aromatic rings. The van der Waals surface area contributed by atoms with Gasteiger partial charge in [0.25, 0.3) is 0 Å². The Balaban J connectivity index is 2.09. The van der Waals surface area contributed by atoms with Gasteiger partial charge < -0.3 is 5.32 Å². The Bertz CT molecular complexity index is 717. The minimum absolute atomic E-state index is 0.406. The molecule has 2 rings (SSSR count). The van der Waals surface area contributed by atoms with Gasteiger partial charge in [0.1, 0.15) is 5.82 Å². The van der Waals surface area contributed by atoms with Crippen LogP contribution in [0, 0.1) is 0 Å². The van der Waals surface area contributed by atoms with Crippen LogP contribution in [0.25, 0.3) is 0 Å². The average molecular weight is 371 g/mol. The fraction of sp³-hybridized carbons (Fsp3) is 0.154.